The van der Waals surface area contributed by atoms with Crippen LogP contribution in [-0.2, 0) is 4.79 Å². The lowest BCUT2D eigenvalue weighted by Crippen LogP contribution is -2.87. The molecule has 4 nitrogen and oxygen atoms in total. The Bertz CT molecular complexity index is 793. The fraction of sp³-hybridized carbons (Fsp3) is 0.111. The molecule has 0 aliphatic rings. The Kier molecular flexibility index (Phi) is 5.59. The molecule has 0 aliphatic heterocycles. The largest absolute Gasteiger partial charge is 0.328 e. The van der Waals surface area contributed by atoms with Crippen LogP contribution in [0.5, 0.6) is 0 Å². The minimum absolute atomic E-state index is 0.0984. The van der Waals surface area contributed by atoms with E-state index >= 15 is 0 Å². The predicted octanol–water partition coefficient (Wildman–Crippen LogP) is 3.09. The fourth-order valence-electron chi connectivity index (χ4n) is 2.45. The van der Waals surface area contributed by atoms with Crippen molar-refractivity contribution in [2.45, 2.75) is 6.04 Å². The van der Waals surface area contributed by atoms with Crippen molar-refractivity contribution in [1.29, 1.82) is 0 Å². The second-order valence-electron chi connectivity index (χ2n) is 5.23. The third kappa shape index (κ3) is 4.20. The van der Waals surface area contributed by atoms with E-state index in [1.165, 1.54) is 10.4 Å². The normalized spacial score (nSPS) is 11.9. The summed E-state index contributed by atoms with van der Waals surface area (Å²) in [6, 6.07) is 17.9. The van der Waals surface area contributed by atoms with Gasteiger partial charge in [0.15, 0.2) is 11.7 Å². The van der Waals surface area contributed by atoms with E-state index in [1.807, 2.05) is 29.6 Å². The number of carbonyl (C=O) groups is 1. The molecular weight excluding hydrogens is 342 g/mol. The number of carbonyl (C=O) groups excluding carboxylic acids is 1. The molecule has 122 valence electrons. The van der Waals surface area contributed by atoms with Crippen molar-refractivity contribution in [1.82, 2.24) is 4.98 Å². The highest BCUT2D eigenvalue weighted by Crippen LogP contribution is 2.22. The maximum Gasteiger partial charge on any atom is 0.279 e. The van der Waals surface area contributed by atoms with Crippen molar-refractivity contribution in [3.8, 4) is 0 Å². The number of nitrogens with one attached hydrogen (secondary N) is 1. The molecule has 0 aliphatic carbocycles. The van der Waals surface area contributed by atoms with E-state index in [2.05, 4.69) is 33.9 Å². The molecule has 0 fully saturated rings. The number of hydrogen-bond donors (Lipinski definition) is 2. The van der Waals surface area contributed by atoms with Crippen LogP contribution in [0.4, 0.5) is 5.69 Å². The van der Waals surface area contributed by atoms with Crippen molar-refractivity contribution in [3.63, 3.8) is 0 Å². The van der Waals surface area contributed by atoms with Crippen LogP contribution < -0.4 is 10.6 Å². The maximum absolute atomic E-state index is 12.2. The number of thiophene rings is 1. The van der Waals surface area contributed by atoms with Crippen LogP contribution in [0.3, 0.4) is 0 Å². The summed E-state index contributed by atoms with van der Waals surface area (Å²) in [5, 5.41) is 7.17. The van der Waals surface area contributed by atoms with Crippen molar-refractivity contribution in [2.75, 3.05) is 11.9 Å². The fourth-order valence-corrected chi connectivity index (χ4v) is 3.47. The molecule has 3 N–H and O–H groups in total. The molecule has 3 rings (SSSR count). The van der Waals surface area contributed by atoms with Crippen LogP contribution in [0.25, 0.3) is 0 Å². The lowest BCUT2D eigenvalue weighted by atomic mass is 10.1. The summed E-state index contributed by atoms with van der Waals surface area (Å²) in [6.07, 6.45) is 1.59. The average Bonchev–Trinajstić information content (AvgIpc) is 3.12. The first-order valence-corrected chi connectivity index (χ1v) is 8.82. The van der Waals surface area contributed by atoms with Crippen LogP contribution in [-0.4, -0.2) is 17.4 Å². The molecule has 0 radical (unpaired) electrons. The molecule has 6 heteroatoms. The number of anilines is 1. The zero-order valence-corrected chi connectivity index (χ0v) is 14.4. The van der Waals surface area contributed by atoms with E-state index < -0.39 is 0 Å². The summed E-state index contributed by atoms with van der Waals surface area (Å²) in [5.74, 6) is -0.109. The number of aromatic nitrogens is 1. The van der Waals surface area contributed by atoms with Crippen LogP contribution >= 0.6 is 22.9 Å². The molecule has 1 atom stereocenters. The first-order chi connectivity index (χ1) is 11.7. The Balaban J connectivity index is 1.68. The summed E-state index contributed by atoms with van der Waals surface area (Å²) in [6.45, 7) is 0.294. The van der Waals surface area contributed by atoms with Gasteiger partial charge < -0.3 is 10.6 Å². The summed E-state index contributed by atoms with van der Waals surface area (Å²) < 4.78 is 0. The Morgan fingerprint density at radius 3 is 2.71 bits per heavy atom. The number of hydrogen-bond acceptors (Lipinski definition) is 3. The van der Waals surface area contributed by atoms with E-state index in [4.69, 9.17) is 11.6 Å². The van der Waals surface area contributed by atoms with Gasteiger partial charge in [-0.15, -0.1) is 11.3 Å². The lowest BCUT2D eigenvalue weighted by Gasteiger charge is -2.14. The highest BCUT2D eigenvalue weighted by atomic mass is 35.5. The highest BCUT2D eigenvalue weighted by molar-refractivity contribution is 7.10. The molecule has 0 saturated heterocycles. The molecule has 0 unspecified atom stereocenters. The molecular formula is C18H17ClN3OS+. The third-order valence-electron chi connectivity index (χ3n) is 3.58. The molecule has 2 heterocycles. The lowest BCUT2D eigenvalue weighted by molar-refractivity contribution is -0.675. The van der Waals surface area contributed by atoms with Gasteiger partial charge in [-0.05, 0) is 23.6 Å². The average molecular weight is 359 g/mol. The van der Waals surface area contributed by atoms with Gasteiger partial charge in [0.05, 0.1) is 10.6 Å². The van der Waals surface area contributed by atoms with Gasteiger partial charge >= 0.3 is 0 Å². The maximum atomic E-state index is 12.2. The molecule has 24 heavy (non-hydrogen) atoms. The van der Waals surface area contributed by atoms with Crippen LogP contribution in [0, 0.1) is 0 Å². The van der Waals surface area contributed by atoms with Gasteiger partial charge in [0.25, 0.3) is 5.91 Å². The first kappa shape index (κ1) is 16.6. The van der Waals surface area contributed by atoms with Crippen molar-refractivity contribution < 1.29 is 10.1 Å². The highest BCUT2D eigenvalue weighted by Gasteiger charge is 2.20. The molecule has 2 aromatic heterocycles. The summed E-state index contributed by atoms with van der Waals surface area (Å²) in [4.78, 5) is 17.4. The monoisotopic (exact) mass is 358 g/mol. The minimum Gasteiger partial charge on any atom is -0.328 e. The van der Waals surface area contributed by atoms with Crippen LogP contribution in [0.1, 0.15) is 16.5 Å². The molecule has 3 aromatic rings. The number of rotatable bonds is 6. The van der Waals surface area contributed by atoms with Crippen molar-refractivity contribution >= 4 is 34.5 Å². The number of nitrogens with two attached hydrogens (primary N) is 1. The van der Waals surface area contributed by atoms with Crippen LogP contribution in [0.15, 0.2) is 66.2 Å². The zero-order chi connectivity index (χ0) is 16.8. The van der Waals surface area contributed by atoms with E-state index in [1.54, 1.807) is 29.7 Å². The smallest absolute Gasteiger partial charge is 0.279 e. The quantitative estimate of drug-likeness (QED) is 0.665. The predicted molar refractivity (Wildman–Crippen MR) is 97.3 cm³/mol. The summed E-state index contributed by atoms with van der Waals surface area (Å²) in [5.41, 5.74) is 1.71. The van der Waals surface area contributed by atoms with E-state index in [-0.39, 0.29) is 11.9 Å². The second kappa shape index (κ2) is 8.06. The Labute approximate surface area is 149 Å². The standard InChI is InChI=1S/C18H16ClN3OS/c19-18-14(8-4-10-20-18)22-16(23)12-21-17(15-9-5-11-24-15)13-6-2-1-3-7-13/h1-11,17,21H,12H2,(H,22,23)/p+1/t17-/m0/s1. The van der Waals surface area contributed by atoms with Gasteiger partial charge in [-0.25, -0.2) is 4.98 Å². The van der Waals surface area contributed by atoms with Gasteiger partial charge in [0.2, 0.25) is 0 Å². The Morgan fingerprint density at radius 1 is 1.17 bits per heavy atom. The summed E-state index contributed by atoms with van der Waals surface area (Å²) >= 11 is 7.66. The topological polar surface area (TPSA) is 58.6 Å². The SMILES string of the molecule is O=C(C[NH2+][C@@H](c1ccccc1)c1cccs1)Nc1cccnc1Cl. The Morgan fingerprint density at radius 2 is 2.00 bits per heavy atom. The summed E-state index contributed by atoms with van der Waals surface area (Å²) in [7, 11) is 0. The van der Waals surface area contributed by atoms with Gasteiger partial charge in [-0.2, -0.15) is 0 Å². The third-order valence-corrected chi connectivity index (χ3v) is 4.84. The van der Waals surface area contributed by atoms with Crippen LogP contribution in [0.2, 0.25) is 5.15 Å². The van der Waals surface area contributed by atoms with E-state index in [0.29, 0.717) is 17.4 Å². The molecule has 1 amide bonds. The first-order valence-electron chi connectivity index (χ1n) is 7.56. The number of halogens is 1. The number of quaternary nitrogens is 1. The second-order valence-corrected chi connectivity index (χ2v) is 6.57. The molecule has 0 spiro atoms. The number of amides is 1. The molecule has 0 bridgehead atoms. The van der Waals surface area contributed by atoms with Gasteiger partial charge in [0.1, 0.15) is 6.04 Å². The van der Waals surface area contributed by atoms with Gasteiger partial charge in [-0.1, -0.05) is 48.0 Å². The van der Waals surface area contributed by atoms with Gasteiger partial charge in [0, 0.05) is 11.8 Å². The van der Waals surface area contributed by atoms with Gasteiger partial charge in [-0.3, -0.25) is 4.79 Å². The minimum atomic E-state index is -0.109. The molecule has 1 aromatic carbocycles. The Hall–Kier alpha value is -2.21. The van der Waals surface area contributed by atoms with E-state index in [9.17, 15) is 4.79 Å². The number of benzene rings is 1. The van der Waals surface area contributed by atoms with Crippen molar-refractivity contribution in [3.05, 3.63) is 81.8 Å². The zero-order valence-electron chi connectivity index (χ0n) is 12.9. The van der Waals surface area contributed by atoms with Crippen molar-refractivity contribution in [2.24, 2.45) is 0 Å². The number of pyridine rings is 1. The molecule has 0 saturated carbocycles. The van der Waals surface area contributed by atoms with E-state index in [0.717, 1.165) is 0 Å². The number of nitrogens with zero attached hydrogens (tertiary/aromatic N) is 1.